The molecule has 0 aromatic carbocycles. The summed E-state index contributed by atoms with van der Waals surface area (Å²) in [6.07, 6.45) is 4.13. The standard InChI is InChI=1S/C10H12N6S/c1-11-9-6-8(4-5-12-9)17-10-13-14-15-16(10)7-2-3-7/h4-7H,2-3H2,1H3,(H,11,12). The molecule has 0 unspecified atom stereocenters. The topological polar surface area (TPSA) is 68.5 Å². The molecule has 0 atom stereocenters. The van der Waals surface area contributed by atoms with E-state index in [4.69, 9.17) is 0 Å². The minimum atomic E-state index is 0.498. The highest BCUT2D eigenvalue weighted by atomic mass is 32.2. The molecule has 1 aliphatic carbocycles. The molecule has 2 aromatic rings. The zero-order valence-electron chi connectivity index (χ0n) is 9.37. The van der Waals surface area contributed by atoms with Gasteiger partial charge in [0.25, 0.3) is 0 Å². The number of tetrazole rings is 1. The second kappa shape index (κ2) is 4.33. The molecule has 1 N–H and O–H groups in total. The lowest BCUT2D eigenvalue weighted by Gasteiger charge is -2.03. The van der Waals surface area contributed by atoms with E-state index in [2.05, 4.69) is 25.8 Å². The van der Waals surface area contributed by atoms with Crippen LogP contribution in [0.5, 0.6) is 0 Å². The molecule has 2 aromatic heterocycles. The molecule has 2 heterocycles. The van der Waals surface area contributed by atoms with Crippen LogP contribution in [0.15, 0.2) is 28.4 Å². The summed E-state index contributed by atoms with van der Waals surface area (Å²) in [7, 11) is 1.85. The number of rotatable bonds is 4. The molecule has 0 bridgehead atoms. The first-order valence-corrected chi connectivity index (χ1v) is 6.28. The van der Waals surface area contributed by atoms with Crippen molar-refractivity contribution in [1.29, 1.82) is 0 Å². The van der Waals surface area contributed by atoms with Crippen molar-refractivity contribution in [3.05, 3.63) is 18.3 Å². The fraction of sp³-hybridized carbons (Fsp3) is 0.400. The lowest BCUT2D eigenvalue weighted by Crippen LogP contribution is -1.98. The van der Waals surface area contributed by atoms with Crippen LogP contribution in [0.3, 0.4) is 0 Å². The summed E-state index contributed by atoms with van der Waals surface area (Å²) in [5.74, 6) is 0.848. The number of aromatic nitrogens is 5. The highest BCUT2D eigenvalue weighted by molar-refractivity contribution is 7.99. The predicted molar refractivity (Wildman–Crippen MR) is 64.0 cm³/mol. The van der Waals surface area contributed by atoms with Crippen molar-refractivity contribution in [1.82, 2.24) is 25.2 Å². The SMILES string of the molecule is CNc1cc(Sc2nnnn2C2CC2)ccn1. The van der Waals surface area contributed by atoms with Gasteiger partial charge in [-0.3, -0.25) is 0 Å². The highest BCUT2D eigenvalue weighted by Crippen LogP contribution is 2.38. The van der Waals surface area contributed by atoms with Crippen LogP contribution in [0.25, 0.3) is 0 Å². The lowest BCUT2D eigenvalue weighted by atomic mass is 10.5. The minimum Gasteiger partial charge on any atom is -0.373 e. The van der Waals surface area contributed by atoms with Gasteiger partial charge in [-0.25, -0.2) is 9.67 Å². The van der Waals surface area contributed by atoms with Crippen LogP contribution in [0.2, 0.25) is 0 Å². The molecule has 1 fully saturated rings. The van der Waals surface area contributed by atoms with Gasteiger partial charge in [0.2, 0.25) is 5.16 Å². The Morgan fingerprint density at radius 2 is 2.35 bits per heavy atom. The maximum atomic E-state index is 4.17. The number of nitrogens with zero attached hydrogens (tertiary/aromatic N) is 5. The van der Waals surface area contributed by atoms with Gasteiger partial charge >= 0.3 is 0 Å². The molecule has 0 amide bonds. The fourth-order valence-electron chi connectivity index (χ4n) is 1.52. The molecular formula is C10H12N6S. The van der Waals surface area contributed by atoms with Crippen molar-refractivity contribution < 1.29 is 0 Å². The third kappa shape index (κ3) is 2.23. The zero-order chi connectivity index (χ0) is 11.7. The van der Waals surface area contributed by atoms with Crippen molar-refractivity contribution in [2.75, 3.05) is 12.4 Å². The summed E-state index contributed by atoms with van der Waals surface area (Å²) in [5.41, 5.74) is 0. The quantitative estimate of drug-likeness (QED) is 0.886. The Kier molecular flexibility index (Phi) is 2.68. The van der Waals surface area contributed by atoms with Crippen LogP contribution >= 0.6 is 11.8 Å². The molecule has 0 aliphatic heterocycles. The average Bonchev–Trinajstić information content (AvgIpc) is 3.11. The van der Waals surface area contributed by atoms with Gasteiger partial charge in [-0.15, -0.1) is 5.10 Å². The van der Waals surface area contributed by atoms with Gasteiger partial charge in [-0.2, -0.15) is 0 Å². The molecule has 6 nitrogen and oxygen atoms in total. The molecule has 88 valence electrons. The fourth-order valence-corrected chi connectivity index (χ4v) is 2.38. The summed E-state index contributed by atoms with van der Waals surface area (Å²) in [4.78, 5) is 5.26. The molecule has 7 heteroatoms. The Morgan fingerprint density at radius 1 is 1.47 bits per heavy atom. The molecule has 17 heavy (non-hydrogen) atoms. The summed E-state index contributed by atoms with van der Waals surface area (Å²) in [6.45, 7) is 0. The predicted octanol–water partition coefficient (Wildman–Crippen LogP) is 1.60. The van der Waals surface area contributed by atoms with E-state index in [9.17, 15) is 0 Å². The molecule has 0 saturated heterocycles. The monoisotopic (exact) mass is 248 g/mol. The van der Waals surface area contributed by atoms with Crippen LogP contribution in [-0.2, 0) is 0 Å². The van der Waals surface area contributed by atoms with E-state index in [1.807, 2.05) is 23.9 Å². The van der Waals surface area contributed by atoms with E-state index in [-0.39, 0.29) is 0 Å². The Labute approximate surface area is 103 Å². The zero-order valence-corrected chi connectivity index (χ0v) is 10.2. The number of hydrogen-bond donors (Lipinski definition) is 1. The summed E-state index contributed by atoms with van der Waals surface area (Å²) in [5, 5.41) is 15.7. The number of hydrogen-bond acceptors (Lipinski definition) is 6. The Bertz CT molecular complexity index is 521. The van der Waals surface area contributed by atoms with Gasteiger partial charge in [0.1, 0.15) is 5.82 Å². The highest BCUT2D eigenvalue weighted by Gasteiger charge is 2.28. The van der Waals surface area contributed by atoms with E-state index in [1.165, 1.54) is 12.8 Å². The van der Waals surface area contributed by atoms with Gasteiger partial charge in [0.15, 0.2) is 0 Å². The van der Waals surface area contributed by atoms with Crippen molar-refractivity contribution in [3.63, 3.8) is 0 Å². The van der Waals surface area contributed by atoms with Crippen molar-refractivity contribution >= 4 is 17.6 Å². The third-order valence-electron chi connectivity index (χ3n) is 2.55. The summed E-state index contributed by atoms with van der Waals surface area (Å²) in [6, 6.07) is 4.44. The van der Waals surface area contributed by atoms with Crippen molar-refractivity contribution in [2.24, 2.45) is 0 Å². The van der Waals surface area contributed by atoms with E-state index in [1.54, 1.807) is 18.0 Å². The molecule has 1 saturated carbocycles. The van der Waals surface area contributed by atoms with Crippen LogP contribution in [0.1, 0.15) is 18.9 Å². The van der Waals surface area contributed by atoms with E-state index in [0.717, 1.165) is 15.9 Å². The number of anilines is 1. The largest absolute Gasteiger partial charge is 0.373 e. The second-order valence-electron chi connectivity index (χ2n) is 3.87. The molecule has 1 aliphatic rings. The smallest absolute Gasteiger partial charge is 0.214 e. The van der Waals surface area contributed by atoms with Crippen LogP contribution < -0.4 is 5.32 Å². The van der Waals surface area contributed by atoms with Crippen LogP contribution in [-0.4, -0.2) is 32.2 Å². The summed E-state index contributed by atoms with van der Waals surface area (Å²) < 4.78 is 1.91. The molecule has 0 radical (unpaired) electrons. The lowest BCUT2D eigenvalue weighted by molar-refractivity contribution is 0.565. The van der Waals surface area contributed by atoms with E-state index < -0.39 is 0 Å². The maximum Gasteiger partial charge on any atom is 0.214 e. The number of nitrogens with one attached hydrogen (secondary N) is 1. The van der Waals surface area contributed by atoms with Crippen molar-refractivity contribution in [2.45, 2.75) is 28.9 Å². The Hall–Kier alpha value is -1.63. The molecule has 3 rings (SSSR count). The maximum absolute atomic E-state index is 4.17. The van der Waals surface area contributed by atoms with E-state index in [0.29, 0.717) is 6.04 Å². The third-order valence-corrected chi connectivity index (χ3v) is 3.49. The Morgan fingerprint density at radius 3 is 3.12 bits per heavy atom. The normalized spacial score (nSPS) is 14.9. The first-order valence-electron chi connectivity index (χ1n) is 5.46. The molecule has 0 spiro atoms. The first kappa shape index (κ1) is 10.5. The minimum absolute atomic E-state index is 0.498. The Balaban J connectivity index is 1.83. The van der Waals surface area contributed by atoms with Gasteiger partial charge < -0.3 is 5.32 Å². The first-order chi connectivity index (χ1) is 8.36. The van der Waals surface area contributed by atoms with Gasteiger partial charge in [-0.05, 0) is 47.2 Å². The van der Waals surface area contributed by atoms with Gasteiger partial charge in [0.05, 0.1) is 6.04 Å². The van der Waals surface area contributed by atoms with Crippen molar-refractivity contribution in [3.8, 4) is 0 Å². The second-order valence-corrected chi connectivity index (χ2v) is 4.91. The van der Waals surface area contributed by atoms with Gasteiger partial charge in [-0.1, -0.05) is 0 Å². The summed E-state index contributed by atoms with van der Waals surface area (Å²) >= 11 is 1.57. The van der Waals surface area contributed by atoms with Crippen LogP contribution in [0, 0.1) is 0 Å². The van der Waals surface area contributed by atoms with E-state index >= 15 is 0 Å². The number of pyridine rings is 1. The molecular weight excluding hydrogens is 236 g/mol. The van der Waals surface area contributed by atoms with Gasteiger partial charge in [0, 0.05) is 18.1 Å². The van der Waals surface area contributed by atoms with Crippen LogP contribution in [0.4, 0.5) is 5.82 Å². The average molecular weight is 248 g/mol.